The van der Waals surface area contributed by atoms with Crippen LogP contribution in [0.5, 0.6) is 0 Å². The number of rotatable bonds is 6. The SMILES string of the molecule is CN=C(NCCNc1ncccc1C(F)(F)F)NCc1ncc(C)s1.I. The summed E-state index contributed by atoms with van der Waals surface area (Å²) >= 11 is 1.59. The quantitative estimate of drug-likeness (QED) is 0.246. The summed E-state index contributed by atoms with van der Waals surface area (Å²) in [5.41, 5.74) is -0.781. The smallest absolute Gasteiger partial charge is 0.368 e. The van der Waals surface area contributed by atoms with Crippen molar-refractivity contribution in [1.29, 1.82) is 0 Å². The topological polar surface area (TPSA) is 74.2 Å². The monoisotopic (exact) mass is 500 g/mol. The fraction of sp³-hybridized carbons (Fsp3) is 0.400. The molecular formula is C15H20F3IN6S. The molecule has 0 radical (unpaired) electrons. The summed E-state index contributed by atoms with van der Waals surface area (Å²) in [6, 6.07) is 2.26. The molecule has 0 spiro atoms. The van der Waals surface area contributed by atoms with E-state index < -0.39 is 11.7 Å². The molecule has 2 rings (SSSR count). The molecule has 0 aliphatic heterocycles. The van der Waals surface area contributed by atoms with Gasteiger partial charge < -0.3 is 16.0 Å². The van der Waals surface area contributed by atoms with Crippen molar-refractivity contribution >= 4 is 47.1 Å². The van der Waals surface area contributed by atoms with Gasteiger partial charge in [-0.25, -0.2) is 9.97 Å². The molecular weight excluding hydrogens is 480 g/mol. The number of guanidine groups is 1. The van der Waals surface area contributed by atoms with E-state index in [1.54, 1.807) is 24.6 Å². The number of hydrogen-bond acceptors (Lipinski definition) is 5. The molecule has 0 unspecified atom stereocenters. The second-order valence-electron chi connectivity index (χ2n) is 5.04. The lowest BCUT2D eigenvalue weighted by Crippen LogP contribution is -2.39. The van der Waals surface area contributed by atoms with Crippen LogP contribution in [0.2, 0.25) is 0 Å². The molecule has 0 aliphatic carbocycles. The highest BCUT2D eigenvalue weighted by atomic mass is 127. The normalized spacial score (nSPS) is 11.7. The number of anilines is 1. The number of nitrogens with zero attached hydrogens (tertiary/aromatic N) is 3. The molecule has 2 aromatic heterocycles. The lowest BCUT2D eigenvalue weighted by atomic mass is 10.2. The number of nitrogens with one attached hydrogen (secondary N) is 3. The molecule has 0 fully saturated rings. The van der Waals surface area contributed by atoms with E-state index in [-0.39, 0.29) is 36.3 Å². The minimum Gasteiger partial charge on any atom is -0.368 e. The predicted octanol–water partition coefficient (Wildman–Crippen LogP) is 3.26. The van der Waals surface area contributed by atoms with Crippen LogP contribution < -0.4 is 16.0 Å². The molecule has 0 amide bonds. The van der Waals surface area contributed by atoms with Crippen LogP contribution >= 0.6 is 35.3 Å². The Morgan fingerprint density at radius 1 is 1.23 bits per heavy atom. The fourth-order valence-corrected chi connectivity index (χ4v) is 2.73. The van der Waals surface area contributed by atoms with Crippen molar-refractivity contribution in [3.05, 3.63) is 40.0 Å². The van der Waals surface area contributed by atoms with Crippen molar-refractivity contribution in [2.45, 2.75) is 19.6 Å². The van der Waals surface area contributed by atoms with E-state index in [9.17, 15) is 13.2 Å². The number of aliphatic imine (C=N–C) groups is 1. The van der Waals surface area contributed by atoms with E-state index in [2.05, 4.69) is 30.9 Å². The van der Waals surface area contributed by atoms with Crippen molar-refractivity contribution < 1.29 is 13.2 Å². The van der Waals surface area contributed by atoms with Gasteiger partial charge in [-0.05, 0) is 19.1 Å². The van der Waals surface area contributed by atoms with Gasteiger partial charge in [0.1, 0.15) is 10.8 Å². The maximum atomic E-state index is 12.9. The molecule has 0 aliphatic rings. The van der Waals surface area contributed by atoms with Crippen molar-refractivity contribution in [3.8, 4) is 0 Å². The van der Waals surface area contributed by atoms with Gasteiger partial charge in [-0.1, -0.05) is 0 Å². The van der Waals surface area contributed by atoms with Crippen LogP contribution in [0.3, 0.4) is 0 Å². The zero-order chi connectivity index (χ0) is 18.3. The first-order valence-corrected chi connectivity index (χ1v) is 8.33. The molecule has 0 aromatic carbocycles. The third-order valence-corrected chi connectivity index (χ3v) is 4.04. The Bertz CT molecular complexity index is 719. The van der Waals surface area contributed by atoms with Crippen LogP contribution in [-0.2, 0) is 12.7 Å². The summed E-state index contributed by atoms with van der Waals surface area (Å²) in [6.07, 6.45) is -1.32. The summed E-state index contributed by atoms with van der Waals surface area (Å²) in [4.78, 5) is 13.2. The molecule has 0 bridgehead atoms. The van der Waals surface area contributed by atoms with Crippen LogP contribution in [0.15, 0.2) is 29.5 Å². The van der Waals surface area contributed by atoms with Gasteiger partial charge in [0.15, 0.2) is 5.96 Å². The van der Waals surface area contributed by atoms with Gasteiger partial charge in [0, 0.05) is 37.4 Å². The van der Waals surface area contributed by atoms with Crippen LogP contribution in [0.1, 0.15) is 15.4 Å². The maximum Gasteiger partial charge on any atom is 0.419 e. The number of halogens is 4. The van der Waals surface area contributed by atoms with Crippen molar-refractivity contribution in [3.63, 3.8) is 0 Å². The third-order valence-electron chi connectivity index (χ3n) is 3.12. The van der Waals surface area contributed by atoms with E-state index >= 15 is 0 Å². The number of alkyl halides is 3. The molecule has 0 saturated carbocycles. The Morgan fingerprint density at radius 2 is 2.00 bits per heavy atom. The number of hydrogen-bond donors (Lipinski definition) is 3. The van der Waals surface area contributed by atoms with Crippen molar-refractivity contribution in [1.82, 2.24) is 20.6 Å². The highest BCUT2D eigenvalue weighted by molar-refractivity contribution is 14.0. The Hall–Kier alpha value is -1.63. The predicted molar refractivity (Wildman–Crippen MR) is 108 cm³/mol. The average molecular weight is 500 g/mol. The first-order chi connectivity index (χ1) is 11.9. The zero-order valence-corrected chi connectivity index (χ0v) is 17.4. The molecule has 11 heteroatoms. The minimum atomic E-state index is -4.44. The summed E-state index contributed by atoms with van der Waals surface area (Å²) in [5.74, 6) is 0.365. The second kappa shape index (κ2) is 10.5. The highest BCUT2D eigenvalue weighted by Gasteiger charge is 2.33. The number of aryl methyl sites for hydroxylation is 1. The first-order valence-electron chi connectivity index (χ1n) is 7.52. The number of pyridine rings is 1. The summed E-state index contributed by atoms with van der Waals surface area (Å²) in [6.45, 7) is 3.15. The van der Waals surface area contributed by atoms with Crippen LogP contribution in [0.25, 0.3) is 0 Å². The van der Waals surface area contributed by atoms with E-state index in [0.717, 1.165) is 16.0 Å². The van der Waals surface area contributed by atoms with Gasteiger partial charge in [-0.2, -0.15) is 13.2 Å². The lowest BCUT2D eigenvalue weighted by molar-refractivity contribution is -0.137. The summed E-state index contributed by atoms with van der Waals surface area (Å²) in [7, 11) is 1.62. The van der Waals surface area contributed by atoms with Crippen LogP contribution in [0.4, 0.5) is 19.0 Å². The van der Waals surface area contributed by atoms with E-state index in [1.165, 1.54) is 12.3 Å². The Labute approximate surface area is 170 Å². The molecule has 0 atom stereocenters. The summed E-state index contributed by atoms with van der Waals surface area (Å²) < 4.78 is 38.6. The van der Waals surface area contributed by atoms with E-state index in [0.29, 0.717) is 19.0 Å². The Morgan fingerprint density at radius 3 is 2.62 bits per heavy atom. The minimum absolute atomic E-state index is 0. The van der Waals surface area contributed by atoms with Crippen molar-refractivity contribution in [2.75, 3.05) is 25.5 Å². The second-order valence-corrected chi connectivity index (χ2v) is 6.36. The lowest BCUT2D eigenvalue weighted by Gasteiger charge is -2.14. The molecule has 2 heterocycles. The molecule has 2 aromatic rings. The largest absolute Gasteiger partial charge is 0.419 e. The van der Waals surface area contributed by atoms with Gasteiger partial charge in [-0.15, -0.1) is 35.3 Å². The van der Waals surface area contributed by atoms with E-state index in [4.69, 9.17) is 0 Å². The number of aromatic nitrogens is 2. The van der Waals surface area contributed by atoms with Gasteiger partial charge in [0.05, 0.1) is 12.1 Å². The first kappa shape index (κ1) is 22.4. The van der Waals surface area contributed by atoms with Gasteiger partial charge in [-0.3, -0.25) is 4.99 Å². The molecule has 0 saturated heterocycles. The average Bonchev–Trinajstić information content (AvgIpc) is 2.99. The van der Waals surface area contributed by atoms with Gasteiger partial charge >= 0.3 is 6.18 Å². The standard InChI is InChI=1S/C15H19F3N6S.HI/c1-10-8-23-12(25-10)9-24-14(19-2)22-7-6-21-13-11(15(16,17)18)4-3-5-20-13;/h3-5,8H,6-7,9H2,1-2H3,(H,20,21)(H2,19,22,24);1H. The van der Waals surface area contributed by atoms with Crippen LogP contribution in [-0.4, -0.2) is 36.1 Å². The highest BCUT2D eigenvalue weighted by Crippen LogP contribution is 2.33. The van der Waals surface area contributed by atoms with Gasteiger partial charge in [0.2, 0.25) is 0 Å². The third kappa shape index (κ3) is 6.94. The summed E-state index contributed by atoms with van der Waals surface area (Å²) in [5, 5.41) is 9.74. The molecule has 26 heavy (non-hydrogen) atoms. The zero-order valence-electron chi connectivity index (χ0n) is 14.2. The van der Waals surface area contributed by atoms with Crippen LogP contribution in [0, 0.1) is 6.92 Å². The Balaban J connectivity index is 0.00000338. The number of thiazole rings is 1. The van der Waals surface area contributed by atoms with Gasteiger partial charge in [0.25, 0.3) is 0 Å². The molecule has 144 valence electrons. The van der Waals surface area contributed by atoms with E-state index in [1.807, 2.05) is 6.92 Å². The Kier molecular flexibility index (Phi) is 9.05. The molecule has 6 nitrogen and oxygen atoms in total. The molecule has 3 N–H and O–H groups in total. The van der Waals surface area contributed by atoms with Crippen molar-refractivity contribution in [2.24, 2.45) is 4.99 Å². The fourth-order valence-electron chi connectivity index (χ4n) is 2.00. The maximum absolute atomic E-state index is 12.9.